The third-order valence-electron chi connectivity index (χ3n) is 5.49. The van der Waals surface area contributed by atoms with Crippen molar-refractivity contribution in [1.82, 2.24) is 15.1 Å². The van der Waals surface area contributed by atoms with Gasteiger partial charge in [-0.2, -0.15) is 0 Å². The number of hydrogen-bond donors (Lipinski definition) is 1. The Balaban J connectivity index is 0.00000420. The quantitative estimate of drug-likeness (QED) is 0.323. The van der Waals surface area contributed by atoms with Crippen LogP contribution in [0, 0.1) is 0 Å². The van der Waals surface area contributed by atoms with Crippen LogP contribution in [0.1, 0.15) is 25.3 Å². The van der Waals surface area contributed by atoms with Crippen molar-refractivity contribution in [3.8, 4) is 11.5 Å². The van der Waals surface area contributed by atoms with Crippen molar-refractivity contribution >= 4 is 29.9 Å². The normalized spacial score (nSPS) is 16.2. The van der Waals surface area contributed by atoms with Crippen LogP contribution in [0.25, 0.3) is 0 Å². The largest absolute Gasteiger partial charge is 0.497 e. The van der Waals surface area contributed by atoms with Gasteiger partial charge >= 0.3 is 0 Å². The first-order valence-electron chi connectivity index (χ1n) is 9.91. The molecule has 166 valence electrons. The topological polar surface area (TPSA) is 58.6 Å². The lowest BCUT2D eigenvalue weighted by molar-refractivity contribution is -0.00263. The third kappa shape index (κ3) is 6.89. The Morgan fingerprint density at radius 3 is 2.41 bits per heavy atom. The fourth-order valence-electron chi connectivity index (χ4n) is 3.50. The van der Waals surface area contributed by atoms with Gasteiger partial charge in [0.15, 0.2) is 5.96 Å². The first-order valence-corrected chi connectivity index (χ1v) is 9.91. The van der Waals surface area contributed by atoms with Crippen molar-refractivity contribution in [3.63, 3.8) is 0 Å². The van der Waals surface area contributed by atoms with Crippen molar-refractivity contribution in [2.24, 2.45) is 4.99 Å². The number of benzene rings is 1. The molecule has 8 heteroatoms. The monoisotopic (exact) mass is 520 g/mol. The highest BCUT2D eigenvalue weighted by Crippen LogP contribution is 2.27. The summed E-state index contributed by atoms with van der Waals surface area (Å²) in [5.41, 5.74) is 1.14. The molecular formula is C21H37IN4O3. The number of likely N-dealkylation sites (N-methyl/N-ethyl adjacent to an activating group) is 1. The van der Waals surface area contributed by atoms with Gasteiger partial charge in [-0.25, -0.2) is 0 Å². The van der Waals surface area contributed by atoms with Gasteiger partial charge in [0.2, 0.25) is 0 Å². The van der Waals surface area contributed by atoms with Crippen LogP contribution in [0.4, 0.5) is 0 Å². The second kappa shape index (κ2) is 12.4. The molecule has 0 bridgehead atoms. The van der Waals surface area contributed by atoms with Crippen LogP contribution in [0.3, 0.4) is 0 Å². The molecule has 0 spiro atoms. The predicted octanol–water partition coefficient (Wildman–Crippen LogP) is 2.83. The fourth-order valence-corrected chi connectivity index (χ4v) is 3.50. The van der Waals surface area contributed by atoms with E-state index in [9.17, 15) is 0 Å². The number of hydrogen-bond acceptors (Lipinski definition) is 5. The van der Waals surface area contributed by atoms with E-state index >= 15 is 0 Å². The van der Waals surface area contributed by atoms with E-state index in [2.05, 4.69) is 43.2 Å². The maximum absolute atomic E-state index is 5.57. The van der Waals surface area contributed by atoms with Crippen LogP contribution in [0.15, 0.2) is 23.2 Å². The summed E-state index contributed by atoms with van der Waals surface area (Å²) in [6.07, 6.45) is 2.00. The highest BCUT2D eigenvalue weighted by Gasteiger charge is 2.34. The highest BCUT2D eigenvalue weighted by atomic mass is 127. The zero-order valence-corrected chi connectivity index (χ0v) is 21.0. The molecule has 1 fully saturated rings. The van der Waals surface area contributed by atoms with Gasteiger partial charge in [-0.1, -0.05) is 0 Å². The number of guanidine groups is 1. The molecule has 0 aliphatic carbocycles. The standard InChI is InChI=1S/C21H36N4O3.HI/c1-7-22-20(23-16-21(24(2)3)10-12-28-13-11-21)25(4)15-17-8-9-18(26-5)14-19(17)27-6;/h8-9,14H,7,10-13,15-16H2,1-6H3,(H,22,23);1H. The van der Waals surface area contributed by atoms with Crippen LogP contribution in [0.2, 0.25) is 0 Å². The van der Waals surface area contributed by atoms with E-state index < -0.39 is 0 Å². The van der Waals surface area contributed by atoms with Crippen molar-refractivity contribution in [3.05, 3.63) is 23.8 Å². The molecule has 0 unspecified atom stereocenters. The van der Waals surface area contributed by atoms with Crippen LogP contribution in [0.5, 0.6) is 11.5 Å². The molecule has 0 saturated carbocycles. The Bertz CT molecular complexity index is 649. The maximum Gasteiger partial charge on any atom is 0.194 e. The summed E-state index contributed by atoms with van der Waals surface area (Å²) >= 11 is 0. The van der Waals surface area contributed by atoms with Crippen LogP contribution in [-0.2, 0) is 11.3 Å². The van der Waals surface area contributed by atoms with Crippen LogP contribution in [-0.4, -0.2) is 83.0 Å². The lowest BCUT2D eigenvalue weighted by Crippen LogP contribution is -2.51. The summed E-state index contributed by atoms with van der Waals surface area (Å²) in [7, 11) is 9.67. The Morgan fingerprint density at radius 2 is 1.86 bits per heavy atom. The van der Waals surface area contributed by atoms with Crippen LogP contribution >= 0.6 is 24.0 Å². The van der Waals surface area contributed by atoms with Gasteiger partial charge in [-0.05, 0) is 46.0 Å². The van der Waals surface area contributed by atoms with Gasteiger partial charge < -0.3 is 29.3 Å². The molecule has 1 aliphatic heterocycles. The molecule has 29 heavy (non-hydrogen) atoms. The summed E-state index contributed by atoms with van der Waals surface area (Å²) in [4.78, 5) is 9.42. The summed E-state index contributed by atoms with van der Waals surface area (Å²) < 4.78 is 16.4. The van der Waals surface area contributed by atoms with Crippen molar-refractivity contribution in [2.75, 3.05) is 61.7 Å². The molecule has 0 atom stereocenters. The van der Waals surface area contributed by atoms with Gasteiger partial charge in [0.25, 0.3) is 0 Å². The zero-order valence-electron chi connectivity index (χ0n) is 18.7. The molecule has 1 heterocycles. The first-order chi connectivity index (χ1) is 13.5. The average Bonchev–Trinajstić information content (AvgIpc) is 2.71. The fraction of sp³-hybridized carbons (Fsp3) is 0.667. The second-order valence-corrected chi connectivity index (χ2v) is 7.44. The van der Waals surface area contributed by atoms with E-state index in [0.717, 1.165) is 62.2 Å². The number of aliphatic imine (C=N–C) groups is 1. The Hall–Kier alpha value is -1.26. The molecule has 0 aromatic heterocycles. The van der Waals surface area contributed by atoms with Gasteiger partial charge in [-0.3, -0.25) is 4.99 Å². The number of methoxy groups -OCH3 is 2. The SMILES string of the molecule is CCNC(=NCC1(N(C)C)CCOCC1)N(C)Cc1ccc(OC)cc1OC.I. The molecular weight excluding hydrogens is 483 g/mol. The molecule has 1 aromatic carbocycles. The summed E-state index contributed by atoms with van der Waals surface area (Å²) in [5.74, 6) is 2.50. The van der Waals surface area contributed by atoms with E-state index in [1.807, 2.05) is 18.2 Å². The highest BCUT2D eigenvalue weighted by molar-refractivity contribution is 14.0. The summed E-state index contributed by atoms with van der Waals surface area (Å²) in [6, 6.07) is 5.91. The number of rotatable bonds is 8. The number of ether oxygens (including phenoxy) is 3. The molecule has 7 nitrogen and oxygen atoms in total. The maximum atomic E-state index is 5.57. The lowest BCUT2D eigenvalue weighted by Gasteiger charge is -2.42. The van der Waals surface area contributed by atoms with E-state index in [1.54, 1.807) is 14.2 Å². The minimum absolute atomic E-state index is 0. The van der Waals surface area contributed by atoms with E-state index in [1.165, 1.54) is 0 Å². The van der Waals surface area contributed by atoms with Crippen molar-refractivity contribution in [2.45, 2.75) is 31.8 Å². The number of nitrogens with one attached hydrogen (secondary N) is 1. The first kappa shape index (κ1) is 25.8. The van der Waals surface area contributed by atoms with Gasteiger partial charge in [-0.15, -0.1) is 24.0 Å². The number of halogens is 1. The molecule has 1 saturated heterocycles. The number of nitrogens with zero attached hydrogens (tertiary/aromatic N) is 3. The zero-order chi connectivity index (χ0) is 20.6. The molecule has 1 aliphatic rings. The van der Waals surface area contributed by atoms with E-state index in [-0.39, 0.29) is 29.5 Å². The second-order valence-electron chi connectivity index (χ2n) is 7.44. The minimum Gasteiger partial charge on any atom is -0.497 e. The van der Waals surface area contributed by atoms with E-state index in [0.29, 0.717) is 6.54 Å². The Kier molecular flexibility index (Phi) is 11.1. The average molecular weight is 520 g/mol. The minimum atomic E-state index is 0. The predicted molar refractivity (Wildman–Crippen MR) is 129 cm³/mol. The molecule has 2 rings (SSSR count). The molecule has 1 aromatic rings. The Labute approximate surface area is 192 Å². The third-order valence-corrected chi connectivity index (χ3v) is 5.49. The summed E-state index contributed by atoms with van der Waals surface area (Å²) in [6.45, 7) is 5.94. The van der Waals surface area contributed by atoms with Gasteiger partial charge in [0, 0.05) is 50.5 Å². The Morgan fingerprint density at radius 1 is 1.17 bits per heavy atom. The van der Waals surface area contributed by atoms with Crippen molar-refractivity contribution in [1.29, 1.82) is 0 Å². The van der Waals surface area contributed by atoms with Crippen LogP contribution < -0.4 is 14.8 Å². The molecule has 0 radical (unpaired) electrons. The molecule has 1 N–H and O–H groups in total. The lowest BCUT2D eigenvalue weighted by atomic mass is 9.89. The smallest absolute Gasteiger partial charge is 0.194 e. The summed E-state index contributed by atoms with van der Waals surface area (Å²) in [5, 5.41) is 3.42. The van der Waals surface area contributed by atoms with Crippen molar-refractivity contribution < 1.29 is 14.2 Å². The van der Waals surface area contributed by atoms with Gasteiger partial charge in [0.05, 0.1) is 20.8 Å². The molecule has 0 amide bonds. The van der Waals surface area contributed by atoms with Gasteiger partial charge in [0.1, 0.15) is 11.5 Å². The van der Waals surface area contributed by atoms with E-state index in [4.69, 9.17) is 19.2 Å².